The molecule has 3 rings (SSSR count). The number of benzene rings is 1. The number of hydrogen-bond donors (Lipinski definition) is 0. The van der Waals surface area contributed by atoms with E-state index < -0.39 is 0 Å². The van der Waals surface area contributed by atoms with Gasteiger partial charge in [0.2, 0.25) is 0 Å². The number of hydrogen-bond acceptors (Lipinski definition) is 3. The van der Waals surface area contributed by atoms with Crippen LogP contribution in [0.4, 0.5) is 4.79 Å². The topological polar surface area (TPSA) is 54.8 Å². The smallest absolute Gasteiger partial charge is 0.409 e. The van der Waals surface area contributed by atoms with Gasteiger partial charge in [0, 0.05) is 49.2 Å². The molecule has 0 radical (unpaired) electrons. The second-order valence-electron chi connectivity index (χ2n) is 5.74. The Morgan fingerprint density at radius 3 is 2.46 bits per heavy atom. The highest BCUT2D eigenvalue weighted by molar-refractivity contribution is 6.35. The lowest BCUT2D eigenvalue weighted by molar-refractivity contribution is 0.0563. The highest BCUT2D eigenvalue weighted by atomic mass is 35.5. The fraction of sp³-hybridized carbons (Fsp3) is 0.412. The Labute approximate surface area is 145 Å². The van der Waals surface area contributed by atoms with E-state index in [1.165, 1.54) is 0 Å². The summed E-state index contributed by atoms with van der Waals surface area (Å²) < 4.78 is 6.86. The van der Waals surface area contributed by atoms with Gasteiger partial charge in [0.25, 0.3) is 5.91 Å². The molecule has 0 saturated carbocycles. The molecule has 1 saturated heterocycles. The Morgan fingerprint density at radius 2 is 1.83 bits per heavy atom. The first-order chi connectivity index (χ1) is 11.5. The molecule has 0 spiro atoms. The molecule has 6 nitrogen and oxygen atoms in total. The van der Waals surface area contributed by atoms with Crippen LogP contribution < -0.4 is 0 Å². The Morgan fingerprint density at radius 1 is 1.17 bits per heavy atom. The van der Waals surface area contributed by atoms with E-state index in [1.807, 2.05) is 35.9 Å². The number of nitrogens with zero attached hydrogens (tertiary/aromatic N) is 3. The number of fused-ring (bicyclic) bond motifs is 1. The number of piperazine rings is 1. The van der Waals surface area contributed by atoms with Gasteiger partial charge in [-0.1, -0.05) is 17.7 Å². The summed E-state index contributed by atoms with van der Waals surface area (Å²) in [7, 11) is 1.86. The van der Waals surface area contributed by atoms with Crippen LogP contribution >= 0.6 is 11.6 Å². The fourth-order valence-electron chi connectivity index (χ4n) is 3.00. The van der Waals surface area contributed by atoms with Crippen molar-refractivity contribution >= 4 is 34.5 Å². The summed E-state index contributed by atoms with van der Waals surface area (Å²) in [5.74, 6) is -0.0479. The Hall–Kier alpha value is -2.21. The van der Waals surface area contributed by atoms with Gasteiger partial charge >= 0.3 is 6.09 Å². The number of amides is 2. The van der Waals surface area contributed by atoms with Gasteiger partial charge in [0.1, 0.15) is 5.69 Å². The molecular formula is C17H20ClN3O3. The van der Waals surface area contributed by atoms with Gasteiger partial charge < -0.3 is 19.1 Å². The quantitative estimate of drug-likeness (QED) is 0.837. The number of carbonyl (C=O) groups excluding carboxylic acids is 2. The summed E-state index contributed by atoms with van der Waals surface area (Å²) >= 11 is 6.22. The summed E-state index contributed by atoms with van der Waals surface area (Å²) in [4.78, 5) is 28.0. The van der Waals surface area contributed by atoms with Crippen molar-refractivity contribution in [2.24, 2.45) is 7.05 Å². The lowest BCUT2D eigenvalue weighted by Gasteiger charge is -2.34. The van der Waals surface area contributed by atoms with E-state index >= 15 is 0 Å². The molecule has 0 N–H and O–H groups in total. The third kappa shape index (κ3) is 2.94. The number of rotatable bonds is 2. The summed E-state index contributed by atoms with van der Waals surface area (Å²) in [6.07, 6.45) is -0.319. The van der Waals surface area contributed by atoms with E-state index in [2.05, 4.69) is 0 Å². The van der Waals surface area contributed by atoms with Crippen LogP contribution in [0.1, 0.15) is 17.4 Å². The first-order valence-electron chi connectivity index (χ1n) is 7.98. The standard InChI is InChI=1S/C17H20ClN3O3/c1-3-24-17(23)21-9-7-20(8-10-21)16(22)15-11-12-13(18)5-4-6-14(12)19(15)2/h4-6,11H,3,7-10H2,1-2H3. The van der Waals surface area contributed by atoms with E-state index in [0.717, 1.165) is 10.9 Å². The molecule has 1 aromatic carbocycles. The zero-order valence-corrected chi connectivity index (χ0v) is 14.5. The van der Waals surface area contributed by atoms with E-state index in [9.17, 15) is 9.59 Å². The second-order valence-corrected chi connectivity index (χ2v) is 6.15. The molecule has 2 aromatic rings. The first-order valence-corrected chi connectivity index (χ1v) is 8.35. The molecule has 128 valence electrons. The third-order valence-electron chi connectivity index (χ3n) is 4.35. The SMILES string of the molecule is CCOC(=O)N1CCN(C(=O)c2cc3c(Cl)cccc3n2C)CC1. The number of carbonyl (C=O) groups is 2. The summed E-state index contributed by atoms with van der Waals surface area (Å²) in [6.45, 7) is 4.09. The highest BCUT2D eigenvalue weighted by Gasteiger charge is 2.27. The molecule has 0 atom stereocenters. The number of ether oxygens (including phenoxy) is 1. The van der Waals surface area contributed by atoms with Gasteiger partial charge in [-0.3, -0.25) is 4.79 Å². The predicted octanol–water partition coefficient (Wildman–Crippen LogP) is 2.75. The second kappa shape index (κ2) is 6.73. The van der Waals surface area contributed by atoms with Gasteiger partial charge in [-0.05, 0) is 25.1 Å². The van der Waals surface area contributed by atoms with Crippen LogP contribution in [0, 0.1) is 0 Å². The molecule has 0 aliphatic carbocycles. The van der Waals surface area contributed by atoms with E-state index in [-0.39, 0.29) is 12.0 Å². The van der Waals surface area contributed by atoms with Crippen molar-refractivity contribution in [2.45, 2.75) is 6.92 Å². The number of aryl methyl sites for hydroxylation is 1. The van der Waals surface area contributed by atoms with Crippen LogP contribution in [0.25, 0.3) is 10.9 Å². The fourth-order valence-corrected chi connectivity index (χ4v) is 3.22. The van der Waals surface area contributed by atoms with Crippen LogP contribution in [-0.2, 0) is 11.8 Å². The highest BCUT2D eigenvalue weighted by Crippen LogP contribution is 2.27. The first kappa shape index (κ1) is 16.6. The summed E-state index contributed by atoms with van der Waals surface area (Å²) in [5, 5.41) is 1.50. The van der Waals surface area contributed by atoms with Gasteiger partial charge in [-0.15, -0.1) is 0 Å². The Bertz CT molecular complexity index is 779. The molecule has 24 heavy (non-hydrogen) atoms. The molecule has 0 bridgehead atoms. The van der Waals surface area contributed by atoms with Gasteiger partial charge in [-0.25, -0.2) is 4.79 Å². The van der Waals surface area contributed by atoms with Crippen molar-refractivity contribution in [1.29, 1.82) is 0 Å². The minimum absolute atomic E-state index is 0.0479. The largest absolute Gasteiger partial charge is 0.450 e. The minimum Gasteiger partial charge on any atom is -0.450 e. The molecule has 1 aromatic heterocycles. The zero-order chi connectivity index (χ0) is 17.3. The molecule has 2 heterocycles. The van der Waals surface area contributed by atoms with Crippen LogP contribution in [0.2, 0.25) is 5.02 Å². The minimum atomic E-state index is -0.319. The number of halogens is 1. The predicted molar refractivity (Wildman–Crippen MR) is 92.4 cm³/mol. The van der Waals surface area contributed by atoms with Crippen molar-refractivity contribution < 1.29 is 14.3 Å². The molecular weight excluding hydrogens is 330 g/mol. The number of aromatic nitrogens is 1. The van der Waals surface area contributed by atoms with E-state index in [4.69, 9.17) is 16.3 Å². The molecule has 7 heteroatoms. The lowest BCUT2D eigenvalue weighted by Crippen LogP contribution is -2.51. The normalized spacial score (nSPS) is 15.0. The van der Waals surface area contributed by atoms with Gasteiger partial charge in [0.15, 0.2) is 0 Å². The van der Waals surface area contributed by atoms with Crippen molar-refractivity contribution in [2.75, 3.05) is 32.8 Å². The summed E-state index contributed by atoms with van der Waals surface area (Å²) in [5.41, 5.74) is 1.53. The van der Waals surface area contributed by atoms with Crippen LogP contribution in [-0.4, -0.2) is 59.2 Å². The maximum atomic E-state index is 12.8. The third-order valence-corrected chi connectivity index (χ3v) is 4.68. The molecule has 1 aliphatic heterocycles. The van der Waals surface area contributed by atoms with E-state index in [0.29, 0.717) is 43.5 Å². The molecule has 1 aliphatic rings. The van der Waals surface area contributed by atoms with Gasteiger partial charge in [-0.2, -0.15) is 0 Å². The average molecular weight is 350 g/mol. The summed E-state index contributed by atoms with van der Waals surface area (Å²) in [6, 6.07) is 7.46. The lowest BCUT2D eigenvalue weighted by atomic mass is 10.2. The van der Waals surface area contributed by atoms with Crippen molar-refractivity contribution in [3.63, 3.8) is 0 Å². The maximum Gasteiger partial charge on any atom is 0.409 e. The van der Waals surface area contributed by atoms with Crippen LogP contribution in [0.5, 0.6) is 0 Å². The van der Waals surface area contributed by atoms with Crippen molar-refractivity contribution in [1.82, 2.24) is 14.4 Å². The maximum absolute atomic E-state index is 12.8. The average Bonchev–Trinajstić information content (AvgIpc) is 2.93. The van der Waals surface area contributed by atoms with Gasteiger partial charge in [0.05, 0.1) is 6.61 Å². The van der Waals surface area contributed by atoms with E-state index in [1.54, 1.807) is 16.7 Å². The van der Waals surface area contributed by atoms with Crippen molar-refractivity contribution in [3.8, 4) is 0 Å². The van der Waals surface area contributed by atoms with Crippen LogP contribution in [0.3, 0.4) is 0 Å². The zero-order valence-electron chi connectivity index (χ0n) is 13.8. The van der Waals surface area contributed by atoms with Crippen LogP contribution in [0.15, 0.2) is 24.3 Å². The monoisotopic (exact) mass is 349 g/mol. The Kier molecular flexibility index (Phi) is 4.66. The molecule has 1 fully saturated rings. The molecule has 0 unspecified atom stereocenters. The Balaban J connectivity index is 1.75. The van der Waals surface area contributed by atoms with Crippen molar-refractivity contribution in [3.05, 3.63) is 35.0 Å². The molecule has 2 amide bonds.